The summed E-state index contributed by atoms with van der Waals surface area (Å²) in [5.41, 5.74) is -2.24. The molecule has 0 amide bonds. The van der Waals surface area contributed by atoms with Crippen LogP contribution in [0.4, 0.5) is 0 Å². The van der Waals surface area contributed by atoms with E-state index in [1.54, 1.807) is 0 Å². The summed E-state index contributed by atoms with van der Waals surface area (Å²) in [4.78, 5) is 14.4. The predicted octanol–water partition coefficient (Wildman–Crippen LogP) is 1.68. The van der Waals surface area contributed by atoms with Gasteiger partial charge in [-0.1, -0.05) is 23.2 Å². The van der Waals surface area contributed by atoms with Gasteiger partial charge in [0, 0.05) is 6.20 Å². The third-order valence-corrected chi connectivity index (χ3v) is 2.18. The lowest BCUT2D eigenvalue weighted by molar-refractivity contribution is -0.158. The summed E-state index contributed by atoms with van der Waals surface area (Å²) in [6, 6.07) is 1.32. The Morgan fingerprint density at radius 2 is 2.14 bits per heavy atom. The smallest absolute Gasteiger partial charge is 0.341 e. The highest BCUT2D eigenvalue weighted by Gasteiger charge is 2.35. The first kappa shape index (κ1) is 11.2. The van der Waals surface area contributed by atoms with Gasteiger partial charge in [-0.3, -0.25) is 4.98 Å². The number of aromatic nitrogens is 1. The zero-order valence-electron chi connectivity index (χ0n) is 7.16. The molecule has 1 rings (SSSR count). The van der Waals surface area contributed by atoms with Gasteiger partial charge in [0.25, 0.3) is 0 Å². The second-order valence-electron chi connectivity index (χ2n) is 2.86. The highest BCUT2D eigenvalue weighted by Crippen LogP contribution is 2.27. The average molecular weight is 236 g/mol. The summed E-state index contributed by atoms with van der Waals surface area (Å²) in [6.07, 6.45) is 1.22. The lowest BCUT2D eigenvalue weighted by Crippen LogP contribution is -2.33. The summed E-state index contributed by atoms with van der Waals surface area (Å²) < 4.78 is 0. The van der Waals surface area contributed by atoms with Gasteiger partial charge in [-0.15, -0.1) is 0 Å². The number of aliphatic hydroxyl groups is 1. The summed E-state index contributed by atoms with van der Waals surface area (Å²) in [6.45, 7) is 1.09. The Balaban J connectivity index is 3.26. The third kappa shape index (κ3) is 1.97. The first-order valence-corrected chi connectivity index (χ1v) is 4.38. The van der Waals surface area contributed by atoms with Gasteiger partial charge < -0.3 is 10.2 Å². The molecule has 1 aromatic rings. The minimum absolute atomic E-state index is 0.0184. The minimum atomic E-state index is -2.11. The van der Waals surface area contributed by atoms with Crippen molar-refractivity contribution in [3.63, 3.8) is 0 Å². The second-order valence-corrected chi connectivity index (χ2v) is 3.70. The number of nitrogens with zero attached hydrogens (tertiary/aromatic N) is 1. The Bertz CT molecular complexity index is 379. The molecule has 0 aliphatic carbocycles. The molecule has 0 saturated heterocycles. The molecule has 2 N–H and O–H groups in total. The Kier molecular flexibility index (Phi) is 2.99. The maximum absolute atomic E-state index is 10.7. The number of rotatable bonds is 2. The molecule has 0 bridgehead atoms. The molecule has 1 atom stereocenters. The van der Waals surface area contributed by atoms with Crippen LogP contribution in [0.2, 0.25) is 10.0 Å². The van der Waals surface area contributed by atoms with Crippen molar-refractivity contribution in [2.75, 3.05) is 0 Å². The van der Waals surface area contributed by atoms with Crippen molar-refractivity contribution in [1.82, 2.24) is 4.98 Å². The van der Waals surface area contributed by atoms with E-state index in [2.05, 4.69) is 4.98 Å². The number of pyridine rings is 1. The van der Waals surface area contributed by atoms with Gasteiger partial charge in [-0.25, -0.2) is 4.79 Å². The fraction of sp³-hybridized carbons (Fsp3) is 0.250. The number of hydrogen-bond acceptors (Lipinski definition) is 3. The van der Waals surface area contributed by atoms with Crippen molar-refractivity contribution in [1.29, 1.82) is 0 Å². The highest BCUT2D eigenvalue weighted by molar-refractivity contribution is 6.35. The second kappa shape index (κ2) is 3.73. The first-order chi connectivity index (χ1) is 6.35. The van der Waals surface area contributed by atoms with Crippen LogP contribution in [-0.4, -0.2) is 21.2 Å². The fourth-order valence-corrected chi connectivity index (χ4v) is 1.44. The molecule has 0 saturated carbocycles. The van der Waals surface area contributed by atoms with Gasteiger partial charge in [0.05, 0.1) is 10.0 Å². The lowest BCUT2D eigenvalue weighted by atomic mass is 10.0. The Morgan fingerprint density at radius 1 is 1.57 bits per heavy atom. The van der Waals surface area contributed by atoms with Crippen molar-refractivity contribution < 1.29 is 15.0 Å². The van der Waals surface area contributed by atoms with E-state index >= 15 is 0 Å². The maximum atomic E-state index is 10.7. The number of aliphatic carboxylic acids is 1. The summed E-state index contributed by atoms with van der Waals surface area (Å²) >= 11 is 11.3. The van der Waals surface area contributed by atoms with Crippen LogP contribution in [0, 0.1) is 0 Å². The van der Waals surface area contributed by atoms with Gasteiger partial charge in [0.2, 0.25) is 5.60 Å². The topological polar surface area (TPSA) is 70.4 Å². The van der Waals surface area contributed by atoms with Crippen LogP contribution in [0.3, 0.4) is 0 Å². The molecule has 76 valence electrons. The molecule has 0 spiro atoms. The Labute approximate surface area is 90.1 Å². The van der Waals surface area contributed by atoms with Crippen LogP contribution < -0.4 is 0 Å². The third-order valence-electron chi connectivity index (χ3n) is 1.69. The van der Waals surface area contributed by atoms with Crippen molar-refractivity contribution in [3.05, 3.63) is 28.0 Å². The van der Waals surface area contributed by atoms with Crippen LogP contribution in [0.1, 0.15) is 12.6 Å². The highest BCUT2D eigenvalue weighted by atomic mass is 35.5. The number of carboxylic acid groups (broad SMARTS) is 1. The number of carbonyl (C=O) groups is 1. The molecule has 4 nitrogen and oxygen atoms in total. The van der Waals surface area contributed by atoms with E-state index < -0.39 is 11.6 Å². The number of hydrogen-bond donors (Lipinski definition) is 2. The van der Waals surface area contributed by atoms with E-state index in [1.807, 2.05) is 0 Å². The van der Waals surface area contributed by atoms with Crippen LogP contribution >= 0.6 is 23.2 Å². The molecule has 0 radical (unpaired) electrons. The van der Waals surface area contributed by atoms with Crippen LogP contribution in [0.15, 0.2) is 12.3 Å². The number of halogens is 2. The van der Waals surface area contributed by atoms with Gasteiger partial charge >= 0.3 is 5.97 Å². The lowest BCUT2D eigenvalue weighted by Gasteiger charge is -2.18. The van der Waals surface area contributed by atoms with Gasteiger partial charge in [0.1, 0.15) is 5.69 Å². The van der Waals surface area contributed by atoms with Crippen molar-refractivity contribution >= 4 is 29.2 Å². The SMILES string of the molecule is CC(O)(C(=O)O)c1ncc(Cl)cc1Cl. The summed E-state index contributed by atoms with van der Waals surface area (Å²) in [5.74, 6) is -1.42. The van der Waals surface area contributed by atoms with Crippen LogP contribution in [-0.2, 0) is 10.4 Å². The first-order valence-electron chi connectivity index (χ1n) is 3.63. The molecule has 1 aromatic heterocycles. The van der Waals surface area contributed by atoms with E-state index in [9.17, 15) is 9.90 Å². The van der Waals surface area contributed by atoms with Crippen LogP contribution in [0.25, 0.3) is 0 Å². The maximum Gasteiger partial charge on any atom is 0.341 e. The van der Waals surface area contributed by atoms with E-state index in [0.29, 0.717) is 0 Å². The Hall–Kier alpha value is -0.840. The Morgan fingerprint density at radius 3 is 2.57 bits per heavy atom. The van der Waals surface area contributed by atoms with E-state index in [-0.39, 0.29) is 15.7 Å². The molecule has 6 heteroatoms. The molecule has 0 aromatic carbocycles. The van der Waals surface area contributed by atoms with Crippen molar-refractivity contribution in [3.8, 4) is 0 Å². The van der Waals surface area contributed by atoms with E-state index in [4.69, 9.17) is 28.3 Å². The molecule has 0 aliphatic rings. The molecule has 0 aliphatic heterocycles. The standard InChI is InChI=1S/C8H7Cl2NO3/c1-8(14,7(12)13)6-5(10)2-4(9)3-11-6/h2-3,14H,1H3,(H,12,13). The largest absolute Gasteiger partial charge is 0.479 e. The van der Waals surface area contributed by atoms with Crippen molar-refractivity contribution in [2.45, 2.75) is 12.5 Å². The van der Waals surface area contributed by atoms with E-state index in [1.165, 1.54) is 12.3 Å². The number of carboxylic acids is 1. The summed E-state index contributed by atoms with van der Waals surface area (Å²) in [7, 11) is 0. The summed E-state index contributed by atoms with van der Waals surface area (Å²) in [5, 5.41) is 18.5. The van der Waals surface area contributed by atoms with Gasteiger partial charge in [0.15, 0.2) is 0 Å². The molecule has 1 unspecified atom stereocenters. The van der Waals surface area contributed by atoms with Crippen molar-refractivity contribution in [2.24, 2.45) is 0 Å². The van der Waals surface area contributed by atoms with E-state index in [0.717, 1.165) is 6.92 Å². The molecular weight excluding hydrogens is 229 g/mol. The molecular formula is C8H7Cl2NO3. The predicted molar refractivity (Wildman–Crippen MR) is 51.5 cm³/mol. The molecule has 1 heterocycles. The van der Waals surface area contributed by atoms with Gasteiger partial charge in [-0.2, -0.15) is 0 Å². The molecule has 14 heavy (non-hydrogen) atoms. The molecule has 0 fully saturated rings. The monoisotopic (exact) mass is 235 g/mol. The zero-order valence-corrected chi connectivity index (χ0v) is 8.67. The van der Waals surface area contributed by atoms with Crippen LogP contribution in [0.5, 0.6) is 0 Å². The zero-order chi connectivity index (χ0) is 10.9. The van der Waals surface area contributed by atoms with Gasteiger partial charge in [-0.05, 0) is 13.0 Å². The quantitative estimate of drug-likeness (QED) is 0.819. The fourth-order valence-electron chi connectivity index (χ4n) is 0.874. The average Bonchev–Trinajstić information content (AvgIpc) is 2.02. The normalized spacial score (nSPS) is 14.9. The minimum Gasteiger partial charge on any atom is -0.479 e.